The summed E-state index contributed by atoms with van der Waals surface area (Å²) >= 11 is 0. The zero-order valence-electron chi connectivity index (χ0n) is 14.8. The van der Waals surface area contributed by atoms with Gasteiger partial charge in [0.15, 0.2) is 5.65 Å². The third kappa shape index (κ3) is 1.80. The summed E-state index contributed by atoms with van der Waals surface area (Å²) in [5, 5.41) is 2.89. The topological polar surface area (TPSA) is 48.5 Å². The van der Waals surface area contributed by atoms with E-state index in [1.165, 1.54) is 5.39 Å². The molecule has 5 nitrogen and oxygen atoms in total. The molecule has 0 bridgehead atoms. The SMILES string of the molecule is COc1ccc2c(=O)n3cc(C)c4c5ccccc5n(C)c4c3nc2c1. The average Bonchev–Trinajstić information content (AvgIpc) is 2.97. The first kappa shape index (κ1) is 15.0. The second kappa shape index (κ2) is 5.08. The molecule has 0 aliphatic heterocycles. The van der Waals surface area contributed by atoms with Gasteiger partial charge in [-0.25, -0.2) is 4.98 Å². The van der Waals surface area contributed by atoms with Crippen LogP contribution in [0.2, 0.25) is 0 Å². The van der Waals surface area contributed by atoms with Crippen molar-refractivity contribution in [2.75, 3.05) is 7.11 Å². The van der Waals surface area contributed by atoms with E-state index in [9.17, 15) is 4.79 Å². The van der Waals surface area contributed by atoms with Crippen LogP contribution in [0.1, 0.15) is 5.56 Å². The summed E-state index contributed by atoms with van der Waals surface area (Å²) in [5.41, 5.74) is 4.38. The number of hydrogen-bond acceptors (Lipinski definition) is 3. The normalized spacial score (nSPS) is 11.8. The molecule has 2 aromatic carbocycles. The van der Waals surface area contributed by atoms with E-state index in [4.69, 9.17) is 9.72 Å². The van der Waals surface area contributed by atoms with Crippen molar-refractivity contribution in [2.45, 2.75) is 6.92 Å². The summed E-state index contributed by atoms with van der Waals surface area (Å²) in [6, 6.07) is 13.6. The zero-order chi connectivity index (χ0) is 18.0. The van der Waals surface area contributed by atoms with Gasteiger partial charge in [-0.15, -0.1) is 0 Å². The highest BCUT2D eigenvalue weighted by atomic mass is 16.5. The molecule has 0 atom stereocenters. The molecule has 0 amide bonds. The molecule has 0 fully saturated rings. The van der Waals surface area contributed by atoms with Crippen LogP contribution in [0.15, 0.2) is 53.5 Å². The Morgan fingerprint density at radius 1 is 1.08 bits per heavy atom. The van der Waals surface area contributed by atoms with Crippen LogP contribution in [0.25, 0.3) is 38.4 Å². The smallest absolute Gasteiger partial charge is 0.265 e. The summed E-state index contributed by atoms with van der Waals surface area (Å²) in [6.07, 6.45) is 1.89. The predicted octanol–water partition coefficient (Wildman–Crippen LogP) is 3.81. The van der Waals surface area contributed by atoms with Gasteiger partial charge < -0.3 is 9.30 Å². The lowest BCUT2D eigenvalue weighted by atomic mass is 10.1. The lowest BCUT2D eigenvalue weighted by Gasteiger charge is -2.09. The third-order valence-electron chi connectivity index (χ3n) is 5.14. The van der Waals surface area contributed by atoms with Gasteiger partial charge in [0.1, 0.15) is 5.75 Å². The number of methoxy groups -OCH3 is 1. The maximum absolute atomic E-state index is 13.1. The van der Waals surface area contributed by atoms with Gasteiger partial charge in [0.2, 0.25) is 0 Å². The summed E-state index contributed by atoms with van der Waals surface area (Å²) in [4.78, 5) is 17.9. The van der Waals surface area contributed by atoms with E-state index < -0.39 is 0 Å². The molecule has 5 aromatic rings. The lowest BCUT2D eigenvalue weighted by Crippen LogP contribution is -2.16. The van der Waals surface area contributed by atoms with E-state index >= 15 is 0 Å². The van der Waals surface area contributed by atoms with Gasteiger partial charge in [-0.05, 0) is 30.7 Å². The molecule has 3 heterocycles. The Morgan fingerprint density at radius 3 is 2.69 bits per heavy atom. The van der Waals surface area contributed by atoms with Crippen molar-refractivity contribution in [3.8, 4) is 5.75 Å². The molecule has 0 saturated carbocycles. The number of rotatable bonds is 1. The number of aromatic nitrogens is 3. The van der Waals surface area contributed by atoms with Crippen molar-refractivity contribution in [2.24, 2.45) is 7.05 Å². The molecule has 3 aromatic heterocycles. The Balaban J connectivity index is 2.10. The van der Waals surface area contributed by atoms with E-state index in [2.05, 4.69) is 16.7 Å². The standard InChI is InChI=1S/C21H17N3O2/c1-12-11-24-20(19-18(12)15-6-4-5-7-17(15)23(19)2)22-16-10-13(26-3)8-9-14(16)21(24)25/h4-11H,1-3H3. The summed E-state index contributed by atoms with van der Waals surface area (Å²) in [6.45, 7) is 2.04. The van der Waals surface area contributed by atoms with Crippen LogP contribution in [0.5, 0.6) is 5.75 Å². The first-order valence-electron chi connectivity index (χ1n) is 8.47. The van der Waals surface area contributed by atoms with E-state index in [1.54, 1.807) is 23.6 Å². The molecule has 0 saturated heterocycles. The Morgan fingerprint density at radius 2 is 1.88 bits per heavy atom. The molecular weight excluding hydrogens is 326 g/mol. The summed E-state index contributed by atoms with van der Waals surface area (Å²) in [5.74, 6) is 0.689. The maximum Gasteiger partial charge on any atom is 0.265 e. The molecule has 0 unspecified atom stereocenters. The molecule has 26 heavy (non-hydrogen) atoms. The van der Waals surface area contributed by atoms with Crippen molar-refractivity contribution in [3.05, 3.63) is 64.6 Å². The zero-order valence-corrected chi connectivity index (χ0v) is 14.8. The van der Waals surface area contributed by atoms with Crippen LogP contribution in [0.3, 0.4) is 0 Å². The van der Waals surface area contributed by atoms with E-state index in [-0.39, 0.29) is 5.56 Å². The molecule has 0 aliphatic rings. The van der Waals surface area contributed by atoms with E-state index in [0.717, 1.165) is 22.0 Å². The predicted molar refractivity (Wildman–Crippen MR) is 104 cm³/mol. The monoisotopic (exact) mass is 343 g/mol. The van der Waals surface area contributed by atoms with Crippen molar-refractivity contribution < 1.29 is 4.74 Å². The van der Waals surface area contributed by atoms with Gasteiger partial charge >= 0.3 is 0 Å². The average molecular weight is 343 g/mol. The van der Waals surface area contributed by atoms with Crippen molar-refractivity contribution in [1.82, 2.24) is 14.0 Å². The number of fused-ring (bicyclic) bond motifs is 6. The minimum Gasteiger partial charge on any atom is -0.497 e. The molecular formula is C21H17N3O2. The van der Waals surface area contributed by atoms with E-state index in [0.29, 0.717) is 22.3 Å². The Kier molecular flexibility index (Phi) is 2.92. The molecule has 0 aliphatic carbocycles. The van der Waals surface area contributed by atoms with Gasteiger partial charge in [-0.3, -0.25) is 9.20 Å². The third-order valence-corrected chi connectivity index (χ3v) is 5.14. The summed E-state index contributed by atoms with van der Waals surface area (Å²) in [7, 11) is 3.63. The van der Waals surface area contributed by atoms with Crippen LogP contribution >= 0.6 is 0 Å². The van der Waals surface area contributed by atoms with Gasteiger partial charge in [0.25, 0.3) is 5.56 Å². The molecule has 5 heteroatoms. The number of para-hydroxylation sites is 1. The van der Waals surface area contributed by atoms with Crippen molar-refractivity contribution >= 4 is 38.4 Å². The van der Waals surface area contributed by atoms with Gasteiger partial charge in [0.05, 0.1) is 23.5 Å². The fraction of sp³-hybridized carbons (Fsp3) is 0.143. The minimum absolute atomic E-state index is 0.0668. The van der Waals surface area contributed by atoms with Crippen molar-refractivity contribution in [3.63, 3.8) is 0 Å². The molecule has 0 N–H and O–H groups in total. The Hall–Kier alpha value is -3.34. The summed E-state index contributed by atoms with van der Waals surface area (Å²) < 4.78 is 9.07. The van der Waals surface area contributed by atoms with Crippen LogP contribution < -0.4 is 10.3 Å². The lowest BCUT2D eigenvalue weighted by molar-refractivity contribution is 0.415. The van der Waals surface area contributed by atoms with Gasteiger partial charge in [0, 0.05) is 35.6 Å². The van der Waals surface area contributed by atoms with Gasteiger partial charge in [-0.2, -0.15) is 0 Å². The maximum atomic E-state index is 13.1. The number of benzene rings is 2. The largest absolute Gasteiger partial charge is 0.497 e. The number of aryl methyl sites for hydroxylation is 2. The number of nitrogens with zero attached hydrogens (tertiary/aromatic N) is 3. The van der Waals surface area contributed by atoms with Crippen molar-refractivity contribution in [1.29, 1.82) is 0 Å². The molecule has 0 spiro atoms. The molecule has 0 radical (unpaired) electrons. The highest BCUT2D eigenvalue weighted by molar-refractivity contribution is 6.13. The second-order valence-electron chi connectivity index (χ2n) is 6.61. The second-order valence-corrected chi connectivity index (χ2v) is 6.61. The van der Waals surface area contributed by atoms with Crippen LogP contribution in [-0.2, 0) is 7.05 Å². The highest BCUT2D eigenvalue weighted by Crippen LogP contribution is 2.32. The Bertz CT molecular complexity index is 1410. The number of hydrogen-bond donors (Lipinski definition) is 0. The first-order valence-corrected chi connectivity index (χ1v) is 8.47. The van der Waals surface area contributed by atoms with Gasteiger partial charge in [-0.1, -0.05) is 18.2 Å². The fourth-order valence-electron chi connectivity index (χ4n) is 3.90. The quantitative estimate of drug-likeness (QED) is 0.435. The highest BCUT2D eigenvalue weighted by Gasteiger charge is 2.17. The van der Waals surface area contributed by atoms with Crippen LogP contribution in [0.4, 0.5) is 0 Å². The van der Waals surface area contributed by atoms with E-state index in [1.807, 2.05) is 38.4 Å². The molecule has 5 rings (SSSR count). The number of ether oxygens (including phenoxy) is 1. The molecule has 128 valence electrons. The fourth-order valence-corrected chi connectivity index (χ4v) is 3.90. The number of pyridine rings is 1. The minimum atomic E-state index is -0.0668. The van der Waals surface area contributed by atoms with Crippen LogP contribution in [0, 0.1) is 6.92 Å². The Labute approximate surface area is 149 Å². The van der Waals surface area contributed by atoms with Crippen LogP contribution in [-0.4, -0.2) is 21.1 Å². The first-order chi connectivity index (χ1) is 12.6.